The number of amides is 1. The molecule has 0 spiro atoms. The standard InChI is InChI=1S/C15H22N4O3/c1-18-6-8-19(9-7-18)11-14(20)17-16-10-12-4-3-5-13(22-2)15(12)21/h3-5,10,21H,6-9,11H2,1-2H3,(H,17,20)/p+2/b16-10+. The summed E-state index contributed by atoms with van der Waals surface area (Å²) < 4.78 is 5.02. The first-order chi connectivity index (χ1) is 10.6. The Labute approximate surface area is 130 Å². The molecule has 120 valence electrons. The molecular formula is C15H24N4O3+2. The largest absolute Gasteiger partial charge is 0.504 e. The maximum absolute atomic E-state index is 11.9. The first kappa shape index (κ1) is 16.3. The van der Waals surface area contributed by atoms with Gasteiger partial charge in [-0.3, -0.25) is 4.79 Å². The van der Waals surface area contributed by atoms with Gasteiger partial charge in [0, 0.05) is 5.56 Å². The summed E-state index contributed by atoms with van der Waals surface area (Å²) >= 11 is 0. The molecule has 1 saturated heterocycles. The van der Waals surface area contributed by atoms with Crippen molar-refractivity contribution in [3.63, 3.8) is 0 Å². The Bertz CT molecular complexity index is 540. The SMILES string of the molecule is COc1cccc(/C=N/NC(=O)C[NH+]2CC[NH+](C)CC2)c1O. The predicted molar refractivity (Wildman–Crippen MR) is 82.6 cm³/mol. The molecule has 1 aromatic rings. The van der Waals surface area contributed by atoms with E-state index >= 15 is 0 Å². The molecule has 1 heterocycles. The third-order valence-electron chi connectivity index (χ3n) is 3.86. The van der Waals surface area contributed by atoms with E-state index in [0.29, 0.717) is 17.9 Å². The molecule has 4 N–H and O–H groups in total. The van der Waals surface area contributed by atoms with Gasteiger partial charge in [-0.2, -0.15) is 5.10 Å². The van der Waals surface area contributed by atoms with Crippen LogP contribution in [0.3, 0.4) is 0 Å². The topological polar surface area (TPSA) is 79.8 Å². The molecule has 0 aliphatic carbocycles. The number of nitrogens with zero attached hydrogens (tertiary/aromatic N) is 1. The number of quaternary nitrogens is 2. The highest BCUT2D eigenvalue weighted by molar-refractivity contribution is 5.86. The van der Waals surface area contributed by atoms with Crippen LogP contribution in [-0.2, 0) is 4.79 Å². The van der Waals surface area contributed by atoms with Crippen molar-refractivity contribution in [1.82, 2.24) is 5.43 Å². The van der Waals surface area contributed by atoms with Crippen molar-refractivity contribution in [1.29, 1.82) is 0 Å². The van der Waals surface area contributed by atoms with Gasteiger partial charge >= 0.3 is 0 Å². The Morgan fingerprint density at radius 3 is 2.82 bits per heavy atom. The van der Waals surface area contributed by atoms with Gasteiger partial charge in [0.15, 0.2) is 18.0 Å². The van der Waals surface area contributed by atoms with Crippen LogP contribution >= 0.6 is 0 Å². The lowest BCUT2D eigenvalue weighted by Gasteiger charge is -2.26. The fourth-order valence-electron chi connectivity index (χ4n) is 2.46. The molecule has 0 atom stereocenters. The number of aromatic hydroxyl groups is 1. The van der Waals surface area contributed by atoms with Crippen molar-refractivity contribution in [3.8, 4) is 11.5 Å². The summed E-state index contributed by atoms with van der Waals surface area (Å²) in [4.78, 5) is 14.6. The lowest BCUT2D eigenvalue weighted by molar-refractivity contribution is -1.000. The van der Waals surface area contributed by atoms with Crippen molar-refractivity contribution in [2.45, 2.75) is 0 Å². The summed E-state index contributed by atoms with van der Waals surface area (Å²) in [5.74, 6) is 0.267. The Morgan fingerprint density at radius 1 is 1.41 bits per heavy atom. The molecule has 0 radical (unpaired) electrons. The minimum Gasteiger partial charge on any atom is -0.504 e. The van der Waals surface area contributed by atoms with E-state index in [4.69, 9.17) is 4.74 Å². The van der Waals surface area contributed by atoms with Crippen LogP contribution in [-0.4, -0.2) is 64.1 Å². The van der Waals surface area contributed by atoms with Gasteiger partial charge in [-0.25, -0.2) is 5.43 Å². The number of hydrogen-bond acceptors (Lipinski definition) is 4. The highest BCUT2D eigenvalue weighted by Crippen LogP contribution is 2.27. The minimum absolute atomic E-state index is 0.00988. The average molecular weight is 308 g/mol. The molecule has 1 aromatic carbocycles. The quantitative estimate of drug-likeness (QED) is 0.352. The number of hydrogen-bond donors (Lipinski definition) is 4. The number of para-hydroxylation sites is 1. The van der Waals surface area contributed by atoms with Gasteiger partial charge in [-0.15, -0.1) is 0 Å². The van der Waals surface area contributed by atoms with E-state index in [-0.39, 0.29) is 11.7 Å². The lowest BCUT2D eigenvalue weighted by Crippen LogP contribution is -3.27. The van der Waals surface area contributed by atoms with E-state index in [9.17, 15) is 9.90 Å². The summed E-state index contributed by atoms with van der Waals surface area (Å²) in [7, 11) is 3.65. The fourth-order valence-corrected chi connectivity index (χ4v) is 2.46. The molecule has 0 saturated carbocycles. The Balaban J connectivity index is 1.83. The number of carbonyl (C=O) groups is 1. The Morgan fingerprint density at radius 2 is 2.14 bits per heavy atom. The van der Waals surface area contributed by atoms with Gasteiger partial charge in [0.05, 0.1) is 20.4 Å². The van der Waals surface area contributed by atoms with Gasteiger partial charge in [-0.1, -0.05) is 6.07 Å². The molecule has 2 rings (SSSR count). The molecule has 1 aliphatic heterocycles. The van der Waals surface area contributed by atoms with E-state index in [0.717, 1.165) is 26.2 Å². The lowest BCUT2D eigenvalue weighted by atomic mass is 10.2. The highest BCUT2D eigenvalue weighted by atomic mass is 16.5. The smallest absolute Gasteiger partial charge is 0.295 e. The van der Waals surface area contributed by atoms with Crippen LogP contribution < -0.4 is 20.0 Å². The zero-order valence-electron chi connectivity index (χ0n) is 13.1. The number of nitrogens with one attached hydrogen (secondary N) is 3. The van der Waals surface area contributed by atoms with Crippen molar-refractivity contribution in [3.05, 3.63) is 23.8 Å². The maximum atomic E-state index is 11.9. The second-order valence-corrected chi connectivity index (χ2v) is 5.58. The molecule has 1 fully saturated rings. The number of phenols is 1. The van der Waals surface area contributed by atoms with E-state index in [2.05, 4.69) is 17.6 Å². The third-order valence-corrected chi connectivity index (χ3v) is 3.86. The van der Waals surface area contributed by atoms with Crippen molar-refractivity contribution >= 4 is 12.1 Å². The normalized spacial score (nSPS) is 21.7. The molecule has 7 nitrogen and oxygen atoms in total. The van der Waals surface area contributed by atoms with Crippen LogP contribution in [0.2, 0.25) is 0 Å². The van der Waals surface area contributed by atoms with Crippen molar-refractivity contribution in [2.24, 2.45) is 5.10 Å². The molecule has 0 aromatic heterocycles. The number of ether oxygens (including phenoxy) is 1. The van der Waals surface area contributed by atoms with Crippen LogP contribution in [0, 0.1) is 0 Å². The summed E-state index contributed by atoms with van der Waals surface area (Å²) in [6.45, 7) is 4.60. The average Bonchev–Trinajstić information content (AvgIpc) is 2.51. The molecule has 22 heavy (non-hydrogen) atoms. The van der Waals surface area contributed by atoms with Crippen LogP contribution in [0.15, 0.2) is 23.3 Å². The second kappa shape index (κ2) is 7.77. The molecular weight excluding hydrogens is 284 g/mol. The number of benzene rings is 1. The van der Waals surface area contributed by atoms with Gasteiger partial charge in [0.1, 0.15) is 26.2 Å². The summed E-state index contributed by atoms with van der Waals surface area (Å²) in [6, 6.07) is 5.10. The molecule has 0 bridgehead atoms. The fraction of sp³-hybridized carbons (Fsp3) is 0.467. The maximum Gasteiger partial charge on any atom is 0.295 e. The molecule has 1 amide bonds. The first-order valence-electron chi connectivity index (χ1n) is 7.43. The molecule has 0 unspecified atom stereocenters. The Hall–Kier alpha value is -2.12. The zero-order valence-corrected chi connectivity index (χ0v) is 13.1. The number of carbonyl (C=O) groups excluding carboxylic acids is 1. The first-order valence-corrected chi connectivity index (χ1v) is 7.43. The van der Waals surface area contributed by atoms with Crippen LogP contribution in [0.5, 0.6) is 11.5 Å². The van der Waals surface area contributed by atoms with Crippen LogP contribution in [0.4, 0.5) is 0 Å². The van der Waals surface area contributed by atoms with Gasteiger partial charge in [0.2, 0.25) is 0 Å². The summed E-state index contributed by atoms with van der Waals surface area (Å²) in [5.41, 5.74) is 3.00. The van der Waals surface area contributed by atoms with Crippen molar-refractivity contribution in [2.75, 3.05) is 46.9 Å². The van der Waals surface area contributed by atoms with E-state index in [1.54, 1.807) is 18.2 Å². The van der Waals surface area contributed by atoms with Crippen molar-refractivity contribution < 1.29 is 24.4 Å². The molecule has 7 heteroatoms. The van der Waals surface area contributed by atoms with Gasteiger partial charge < -0.3 is 19.6 Å². The van der Waals surface area contributed by atoms with E-state index in [1.165, 1.54) is 23.1 Å². The Kier molecular flexibility index (Phi) is 5.74. The monoisotopic (exact) mass is 308 g/mol. The number of hydrazone groups is 1. The number of phenolic OH excluding ortho intramolecular Hbond substituents is 1. The number of piperazine rings is 1. The summed E-state index contributed by atoms with van der Waals surface area (Å²) in [5, 5.41) is 13.8. The number of likely N-dealkylation sites (N-methyl/N-ethyl adjacent to an activating group) is 1. The third kappa shape index (κ3) is 4.44. The van der Waals surface area contributed by atoms with E-state index in [1.807, 2.05) is 0 Å². The number of methoxy groups -OCH3 is 1. The van der Waals surface area contributed by atoms with Crippen LogP contribution in [0.1, 0.15) is 5.56 Å². The predicted octanol–water partition coefficient (Wildman–Crippen LogP) is -2.74. The second-order valence-electron chi connectivity index (χ2n) is 5.58. The van der Waals surface area contributed by atoms with Gasteiger partial charge in [0.25, 0.3) is 5.91 Å². The molecule has 1 aliphatic rings. The minimum atomic E-state index is -0.117. The van der Waals surface area contributed by atoms with Crippen LogP contribution in [0.25, 0.3) is 0 Å². The van der Waals surface area contributed by atoms with E-state index < -0.39 is 0 Å². The zero-order chi connectivity index (χ0) is 15.9. The highest BCUT2D eigenvalue weighted by Gasteiger charge is 2.21. The number of rotatable bonds is 5. The van der Waals surface area contributed by atoms with Gasteiger partial charge in [-0.05, 0) is 12.1 Å². The summed E-state index contributed by atoms with van der Waals surface area (Å²) in [6.07, 6.45) is 1.42.